The zero-order valence-corrected chi connectivity index (χ0v) is 11.2. The van der Waals surface area contributed by atoms with Crippen molar-refractivity contribution in [2.24, 2.45) is 0 Å². The summed E-state index contributed by atoms with van der Waals surface area (Å²) in [6.07, 6.45) is 3.04. The zero-order valence-electron chi connectivity index (χ0n) is 11.2. The summed E-state index contributed by atoms with van der Waals surface area (Å²) in [5.41, 5.74) is 4.72. The van der Waals surface area contributed by atoms with Crippen molar-refractivity contribution in [2.75, 3.05) is 5.32 Å². The van der Waals surface area contributed by atoms with E-state index in [4.69, 9.17) is 5.21 Å². The standard InChI is InChI=1S/C16H18N2O2/c19-16(18-20)17-15-11-5-10-14(12-15)9-4-8-13-6-2-1-3-7-13/h1-3,5-7,10-12,20H,4,8-9H2,(H2,17,18,19). The fourth-order valence-corrected chi connectivity index (χ4v) is 2.10. The lowest BCUT2D eigenvalue weighted by Crippen LogP contribution is -2.25. The highest BCUT2D eigenvalue weighted by Crippen LogP contribution is 2.13. The van der Waals surface area contributed by atoms with E-state index in [9.17, 15) is 4.79 Å². The Morgan fingerprint density at radius 3 is 2.40 bits per heavy atom. The summed E-state index contributed by atoms with van der Waals surface area (Å²) in [7, 11) is 0. The molecule has 0 saturated heterocycles. The average Bonchev–Trinajstić information content (AvgIpc) is 2.48. The number of rotatable bonds is 5. The number of carbonyl (C=O) groups excluding carboxylic acids is 1. The maximum absolute atomic E-state index is 11.0. The van der Waals surface area contributed by atoms with Crippen LogP contribution in [0, 0.1) is 0 Å². The van der Waals surface area contributed by atoms with Crippen LogP contribution in [0.1, 0.15) is 17.5 Å². The van der Waals surface area contributed by atoms with Gasteiger partial charge >= 0.3 is 6.03 Å². The van der Waals surface area contributed by atoms with Gasteiger partial charge in [-0.25, -0.2) is 10.3 Å². The normalized spacial score (nSPS) is 10.1. The molecule has 20 heavy (non-hydrogen) atoms. The van der Waals surface area contributed by atoms with Crippen molar-refractivity contribution < 1.29 is 10.0 Å². The minimum Gasteiger partial charge on any atom is -0.306 e. The van der Waals surface area contributed by atoms with Crippen LogP contribution in [-0.4, -0.2) is 11.2 Å². The molecule has 0 unspecified atom stereocenters. The van der Waals surface area contributed by atoms with Gasteiger partial charge in [-0.1, -0.05) is 42.5 Å². The third-order valence-electron chi connectivity index (χ3n) is 3.06. The molecule has 2 aromatic carbocycles. The predicted octanol–water partition coefficient (Wildman–Crippen LogP) is 3.37. The van der Waals surface area contributed by atoms with Crippen molar-refractivity contribution in [1.29, 1.82) is 0 Å². The Labute approximate surface area is 118 Å². The van der Waals surface area contributed by atoms with Crippen LogP contribution in [0.3, 0.4) is 0 Å². The first-order chi connectivity index (χ1) is 9.78. The quantitative estimate of drug-likeness (QED) is 0.576. The SMILES string of the molecule is O=C(NO)Nc1cccc(CCCc2ccccc2)c1. The van der Waals surface area contributed by atoms with Crippen LogP contribution >= 0.6 is 0 Å². The second-order valence-corrected chi connectivity index (χ2v) is 4.61. The molecule has 2 rings (SSSR count). The Hall–Kier alpha value is -2.33. The van der Waals surface area contributed by atoms with Crippen LogP contribution in [0.25, 0.3) is 0 Å². The van der Waals surface area contributed by atoms with Gasteiger partial charge in [-0.05, 0) is 42.5 Å². The Bertz CT molecular complexity index is 555. The fraction of sp³-hybridized carbons (Fsp3) is 0.188. The molecule has 0 aliphatic heterocycles. The van der Waals surface area contributed by atoms with Gasteiger partial charge in [-0.15, -0.1) is 0 Å². The van der Waals surface area contributed by atoms with Crippen LogP contribution in [0.2, 0.25) is 0 Å². The molecule has 0 aromatic heterocycles. The smallest absolute Gasteiger partial charge is 0.306 e. The molecule has 0 aliphatic rings. The fourth-order valence-electron chi connectivity index (χ4n) is 2.10. The van der Waals surface area contributed by atoms with Crippen LogP contribution in [0.15, 0.2) is 54.6 Å². The Kier molecular flexibility index (Phi) is 5.15. The molecule has 0 atom stereocenters. The van der Waals surface area contributed by atoms with Crippen LogP contribution in [0.5, 0.6) is 0 Å². The van der Waals surface area contributed by atoms with E-state index in [1.165, 1.54) is 5.56 Å². The first kappa shape index (κ1) is 14.1. The van der Waals surface area contributed by atoms with Gasteiger partial charge in [0.2, 0.25) is 0 Å². The number of aryl methyl sites for hydroxylation is 2. The Balaban J connectivity index is 1.86. The van der Waals surface area contributed by atoms with Gasteiger partial charge in [0.1, 0.15) is 0 Å². The van der Waals surface area contributed by atoms with E-state index in [-0.39, 0.29) is 0 Å². The first-order valence-electron chi connectivity index (χ1n) is 6.62. The molecule has 2 amide bonds. The zero-order chi connectivity index (χ0) is 14.2. The first-order valence-corrected chi connectivity index (χ1v) is 6.62. The van der Waals surface area contributed by atoms with Crippen molar-refractivity contribution in [3.63, 3.8) is 0 Å². The number of anilines is 1. The molecule has 0 bridgehead atoms. The number of hydroxylamine groups is 1. The third kappa shape index (κ3) is 4.40. The van der Waals surface area contributed by atoms with Gasteiger partial charge in [0.15, 0.2) is 0 Å². The van der Waals surface area contributed by atoms with Gasteiger partial charge in [-0.3, -0.25) is 5.21 Å². The van der Waals surface area contributed by atoms with Gasteiger partial charge < -0.3 is 5.32 Å². The van der Waals surface area contributed by atoms with Gasteiger partial charge in [0.25, 0.3) is 0 Å². The van der Waals surface area contributed by atoms with Crippen molar-refractivity contribution in [1.82, 2.24) is 5.48 Å². The maximum atomic E-state index is 11.0. The monoisotopic (exact) mass is 270 g/mol. The number of hydrogen-bond acceptors (Lipinski definition) is 2. The highest BCUT2D eigenvalue weighted by Gasteiger charge is 2.01. The lowest BCUT2D eigenvalue weighted by atomic mass is 10.0. The summed E-state index contributed by atoms with van der Waals surface area (Å²) in [4.78, 5) is 11.0. The topological polar surface area (TPSA) is 61.4 Å². The third-order valence-corrected chi connectivity index (χ3v) is 3.06. The van der Waals surface area contributed by atoms with E-state index in [1.54, 1.807) is 11.5 Å². The van der Waals surface area contributed by atoms with Crippen molar-refractivity contribution in [3.05, 3.63) is 65.7 Å². The lowest BCUT2D eigenvalue weighted by molar-refractivity contribution is 0.172. The van der Waals surface area contributed by atoms with Crippen LogP contribution < -0.4 is 10.8 Å². The number of urea groups is 1. The van der Waals surface area contributed by atoms with Crippen molar-refractivity contribution in [2.45, 2.75) is 19.3 Å². The van der Waals surface area contributed by atoms with E-state index in [0.717, 1.165) is 24.8 Å². The molecule has 0 fully saturated rings. The van der Waals surface area contributed by atoms with Crippen molar-refractivity contribution in [3.8, 4) is 0 Å². The van der Waals surface area contributed by atoms with Gasteiger partial charge in [0, 0.05) is 5.69 Å². The molecular weight excluding hydrogens is 252 g/mol. The average molecular weight is 270 g/mol. The molecule has 104 valence electrons. The second-order valence-electron chi connectivity index (χ2n) is 4.61. The summed E-state index contributed by atoms with van der Waals surface area (Å²) in [5, 5.41) is 11.0. The molecule has 0 saturated carbocycles. The summed E-state index contributed by atoms with van der Waals surface area (Å²) < 4.78 is 0. The highest BCUT2D eigenvalue weighted by molar-refractivity contribution is 5.88. The van der Waals surface area contributed by atoms with E-state index in [2.05, 4.69) is 17.4 Å². The van der Waals surface area contributed by atoms with Gasteiger partial charge in [-0.2, -0.15) is 0 Å². The van der Waals surface area contributed by atoms with Crippen LogP contribution in [0.4, 0.5) is 10.5 Å². The Morgan fingerprint density at radius 1 is 0.950 bits per heavy atom. The van der Waals surface area contributed by atoms with Crippen LogP contribution in [-0.2, 0) is 12.8 Å². The molecule has 0 spiro atoms. The molecule has 3 N–H and O–H groups in total. The molecule has 0 radical (unpaired) electrons. The van der Waals surface area contributed by atoms with Crippen molar-refractivity contribution >= 4 is 11.7 Å². The maximum Gasteiger partial charge on any atom is 0.342 e. The minimum absolute atomic E-state index is 0.633. The molecule has 0 aliphatic carbocycles. The largest absolute Gasteiger partial charge is 0.342 e. The summed E-state index contributed by atoms with van der Waals surface area (Å²) in [6.45, 7) is 0. The molecule has 4 nitrogen and oxygen atoms in total. The molecular formula is C16H18N2O2. The summed E-state index contributed by atoms with van der Waals surface area (Å²) >= 11 is 0. The predicted molar refractivity (Wildman–Crippen MR) is 78.8 cm³/mol. The molecule has 0 heterocycles. The second kappa shape index (κ2) is 7.31. The molecule has 2 aromatic rings. The number of carbonyl (C=O) groups is 1. The van der Waals surface area contributed by atoms with E-state index in [1.807, 2.05) is 36.4 Å². The number of hydrogen-bond donors (Lipinski definition) is 3. The lowest BCUT2D eigenvalue weighted by Gasteiger charge is -2.06. The Morgan fingerprint density at radius 2 is 1.65 bits per heavy atom. The summed E-state index contributed by atoms with van der Waals surface area (Å²) in [6, 6.07) is 17.4. The number of benzene rings is 2. The number of amides is 2. The van der Waals surface area contributed by atoms with E-state index < -0.39 is 6.03 Å². The van der Waals surface area contributed by atoms with E-state index >= 15 is 0 Å². The number of nitrogens with one attached hydrogen (secondary N) is 2. The summed E-state index contributed by atoms with van der Waals surface area (Å²) in [5.74, 6) is 0. The molecule has 4 heteroatoms. The van der Waals surface area contributed by atoms with E-state index in [0.29, 0.717) is 5.69 Å². The highest BCUT2D eigenvalue weighted by atomic mass is 16.5. The minimum atomic E-state index is -0.633. The van der Waals surface area contributed by atoms with Gasteiger partial charge in [0.05, 0.1) is 0 Å².